The van der Waals surface area contributed by atoms with Gasteiger partial charge in [-0.3, -0.25) is 4.79 Å². The first-order chi connectivity index (χ1) is 18.0. The molecule has 7 nitrogen and oxygen atoms in total. The van der Waals surface area contributed by atoms with E-state index in [1.54, 1.807) is 25.9 Å². The molecule has 0 amide bonds. The van der Waals surface area contributed by atoms with Gasteiger partial charge in [0.05, 0.1) is 17.8 Å². The Labute approximate surface area is 228 Å². The zero-order valence-corrected chi connectivity index (χ0v) is 25.0. The van der Waals surface area contributed by atoms with Gasteiger partial charge in [-0.1, -0.05) is 40.2 Å². The van der Waals surface area contributed by atoms with Crippen LogP contribution in [0.4, 0.5) is 0 Å². The van der Waals surface area contributed by atoms with Crippen LogP contribution in [0.2, 0.25) is 0 Å². The van der Waals surface area contributed by atoms with E-state index >= 15 is 0 Å². The minimum absolute atomic E-state index is 0.0246. The lowest BCUT2D eigenvalue weighted by Crippen LogP contribution is -2.53. The Morgan fingerprint density at radius 2 is 1.89 bits per heavy atom. The van der Waals surface area contributed by atoms with Crippen LogP contribution in [0, 0.1) is 17.8 Å². The van der Waals surface area contributed by atoms with Crippen LogP contribution in [-0.2, 0) is 31.6 Å². The van der Waals surface area contributed by atoms with Gasteiger partial charge in [0, 0.05) is 53.0 Å². The molecular formula is C31H49NO6. The lowest BCUT2D eigenvalue weighted by molar-refractivity contribution is -0.263. The molecule has 0 bridgehead atoms. The molecule has 1 aromatic rings. The summed E-state index contributed by atoms with van der Waals surface area (Å²) in [7, 11) is 6.88. The van der Waals surface area contributed by atoms with Gasteiger partial charge in [0.25, 0.3) is 5.56 Å². The van der Waals surface area contributed by atoms with Crippen LogP contribution >= 0.6 is 0 Å². The topological polar surface area (TPSA) is 68.2 Å². The highest BCUT2D eigenvalue weighted by Crippen LogP contribution is 2.55. The van der Waals surface area contributed by atoms with Gasteiger partial charge in [-0.25, -0.2) is 0 Å². The van der Waals surface area contributed by atoms with Crippen molar-refractivity contribution < 1.29 is 23.7 Å². The number of aryl methyl sites for hydroxylation is 1. The van der Waals surface area contributed by atoms with Crippen molar-refractivity contribution in [2.75, 3.05) is 21.3 Å². The van der Waals surface area contributed by atoms with Crippen molar-refractivity contribution in [3.8, 4) is 5.75 Å². The van der Waals surface area contributed by atoms with Crippen LogP contribution in [0.1, 0.15) is 96.8 Å². The molecule has 2 fully saturated rings. The molecule has 7 atom stereocenters. The molecule has 7 heteroatoms. The van der Waals surface area contributed by atoms with Crippen LogP contribution in [0.5, 0.6) is 5.75 Å². The molecule has 38 heavy (non-hydrogen) atoms. The van der Waals surface area contributed by atoms with E-state index in [9.17, 15) is 4.79 Å². The van der Waals surface area contributed by atoms with Crippen molar-refractivity contribution in [2.24, 2.45) is 24.8 Å². The highest BCUT2D eigenvalue weighted by molar-refractivity contribution is 5.49. The second-order valence-corrected chi connectivity index (χ2v) is 12.2. The van der Waals surface area contributed by atoms with Crippen molar-refractivity contribution in [3.63, 3.8) is 0 Å². The molecule has 1 saturated heterocycles. The maximum atomic E-state index is 13.7. The third-order valence-corrected chi connectivity index (χ3v) is 9.58. The minimum atomic E-state index is -0.729. The molecule has 1 aromatic heterocycles. The molecule has 0 aromatic carbocycles. The summed E-state index contributed by atoms with van der Waals surface area (Å²) >= 11 is 0. The van der Waals surface area contributed by atoms with Crippen LogP contribution in [0.3, 0.4) is 0 Å². The smallest absolute Gasteiger partial charge is 0.259 e. The fraction of sp³-hybridized carbons (Fsp3) is 0.774. The maximum absolute atomic E-state index is 13.7. The van der Waals surface area contributed by atoms with Gasteiger partial charge in [0.1, 0.15) is 17.5 Å². The Bertz CT molecular complexity index is 1070. The van der Waals surface area contributed by atoms with E-state index in [0.29, 0.717) is 48.3 Å². The number of hydrogen-bond acceptors (Lipinski definition) is 6. The molecule has 0 spiro atoms. The lowest BCUT2D eigenvalue weighted by Gasteiger charge is -2.45. The van der Waals surface area contributed by atoms with Crippen molar-refractivity contribution in [1.82, 2.24) is 4.57 Å². The van der Waals surface area contributed by atoms with E-state index in [2.05, 4.69) is 40.7 Å². The number of aromatic nitrogens is 1. The van der Waals surface area contributed by atoms with Crippen LogP contribution in [0.25, 0.3) is 0 Å². The number of pyridine rings is 1. The van der Waals surface area contributed by atoms with Crippen LogP contribution in [0.15, 0.2) is 22.6 Å². The van der Waals surface area contributed by atoms with Crippen LogP contribution < -0.4 is 10.3 Å². The summed E-state index contributed by atoms with van der Waals surface area (Å²) in [5.74, 6) is 1.48. The monoisotopic (exact) mass is 531 g/mol. The highest BCUT2D eigenvalue weighted by atomic mass is 16.7. The first kappa shape index (κ1) is 29.3. The first-order valence-electron chi connectivity index (χ1n) is 14.4. The normalized spacial score (nSPS) is 32.3. The van der Waals surface area contributed by atoms with Gasteiger partial charge in [0.2, 0.25) is 0 Å². The molecule has 0 radical (unpaired) electrons. The summed E-state index contributed by atoms with van der Waals surface area (Å²) in [5.41, 5.74) is 2.09. The molecule has 0 unspecified atom stereocenters. The zero-order chi connectivity index (χ0) is 27.8. The average molecular weight is 532 g/mol. The minimum Gasteiger partial charge on any atom is -0.486 e. The molecule has 214 valence electrons. The Balaban J connectivity index is 1.68. The van der Waals surface area contributed by atoms with E-state index in [-0.39, 0.29) is 23.9 Å². The fourth-order valence-corrected chi connectivity index (χ4v) is 7.05. The van der Waals surface area contributed by atoms with Crippen molar-refractivity contribution in [1.29, 1.82) is 0 Å². The number of hydrogen-bond donors (Lipinski definition) is 0. The maximum Gasteiger partial charge on any atom is 0.259 e. The number of allylic oxidation sites excluding steroid dienone is 1. The van der Waals surface area contributed by atoms with Crippen LogP contribution in [-0.4, -0.2) is 43.9 Å². The highest BCUT2D eigenvalue weighted by Gasteiger charge is 2.58. The zero-order valence-electron chi connectivity index (χ0n) is 25.0. The molecule has 1 saturated carbocycles. The van der Waals surface area contributed by atoms with Gasteiger partial charge in [0.15, 0.2) is 5.79 Å². The Kier molecular flexibility index (Phi) is 8.83. The van der Waals surface area contributed by atoms with Gasteiger partial charge < -0.3 is 28.3 Å². The number of rotatable bonds is 9. The van der Waals surface area contributed by atoms with E-state index in [1.165, 1.54) is 18.4 Å². The summed E-state index contributed by atoms with van der Waals surface area (Å²) in [6.45, 7) is 11.3. The quantitative estimate of drug-likeness (QED) is 0.286. The second-order valence-electron chi connectivity index (χ2n) is 12.2. The summed E-state index contributed by atoms with van der Waals surface area (Å²) < 4.78 is 32.9. The van der Waals surface area contributed by atoms with Gasteiger partial charge in [-0.15, -0.1) is 0 Å². The van der Waals surface area contributed by atoms with Crippen molar-refractivity contribution in [2.45, 2.75) is 109 Å². The van der Waals surface area contributed by atoms with Crippen molar-refractivity contribution >= 4 is 0 Å². The Morgan fingerprint density at radius 1 is 1.18 bits per heavy atom. The summed E-state index contributed by atoms with van der Waals surface area (Å²) in [6.07, 6.45) is 9.58. The van der Waals surface area contributed by atoms with Crippen molar-refractivity contribution in [3.05, 3.63) is 39.3 Å². The molecule has 0 N–H and O–H groups in total. The number of methoxy groups -OCH3 is 3. The molecular weight excluding hydrogens is 482 g/mol. The predicted molar refractivity (Wildman–Crippen MR) is 148 cm³/mol. The standard InChI is InChI=1S/C31H49NO6/c1-10-19(2)15-20(3)16-22(5)27-21(4)11-12-24(37-27)26-28-23(18-32(6)29(26)33)31(36-9)14-13-30(34-7,35-8)17-25(31)38-28/h16,18-21,24-25,27H,10-15,17H2,1-9H3/t19-,20+,21-,24+,25-,27-,31+/m0/s1. The first-order valence-corrected chi connectivity index (χ1v) is 14.4. The molecule has 3 aliphatic rings. The molecule has 4 rings (SSSR count). The SMILES string of the molecule is CC[C@H](C)C[C@@H](C)C=C(C)[C@H]1O[C@@H](c2c3c(cn(C)c2=O)[C@]2(OC)CCC(OC)(OC)C[C@@H]2O3)CC[C@@H]1C. The van der Waals surface area contributed by atoms with E-state index < -0.39 is 11.4 Å². The van der Waals surface area contributed by atoms with E-state index in [1.807, 2.05) is 13.2 Å². The second kappa shape index (κ2) is 11.4. The number of nitrogens with zero attached hydrogens (tertiary/aromatic N) is 1. The summed E-state index contributed by atoms with van der Waals surface area (Å²) in [6, 6.07) is 0. The molecule has 3 heterocycles. The molecule has 2 aliphatic heterocycles. The van der Waals surface area contributed by atoms with Gasteiger partial charge >= 0.3 is 0 Å². The Hall–Kier alpha value is -1.67. The summed E-state index contributed by atoms with van der Waals surface area (Å²) in [5, 5.41) is 0. The fourth-order valence-electron chi connectivity index (χ4n) is 7.05. The predicted octanol–water partition coefficient (Wildman–Crippen LogP) is 6.04. The number of fused-ring (bicyclic) bond motifs is 3. The third kappa shape index (κ3) is 5.12. The third-order valence-electron chi connectivity index (χ3n) is 9.58. The lowest BCUT2D eigenvalue weighted by atomic mass is 9.76. The van der Waals surface area contributed by atoms with Gasteiger partial charge in [-0.2, -0.15) is 0 Å². The van der Waals surface area contributed by atoms with E-state index in [4.69, 9.17) is 23.7 Å². The number of ether oxygens (including phenoxy) is 5. The largest absolute Gasteiger partial charge is 0.486 e. The Morgan fingerprint density at radius 3 is 2.53 bits per heavy atom. The molecule has 1 aliphatic carbocycles. The van der Waals surface area contributed by atoms with Gasteiger partial charge in [-0.05, 0) is 55.9 Å². The van der Waals surface area contributed by atoms with E-state index in [0.717, 1.165) is 18.4 Å². The summed E-state index contributed by atoms with van der Waals surface area (Å²) in [4.78, 5) is 13.7. The average Bonchev–Trinajstić information content (AvgIpc) is 3.22.